The molecule has 0 spiro atoms. The summed E-state index contributed by atoms with van der Waals surface area (Å²) in [6.07, 6.45) is 6.61. The smallest absolute Gasteiger partial charge is 0.278 e. The molecule has 10 rings (SSSR count). The summed E-state index contributed by atoms with van der Waals surface area (Å²) < 4.78 is 34.9. The highest BCUT2D eigenvalue weighted by Crippen LogP contribution is 2.40. The Kier molecular flexibility index (Phi) is 11.5. The second-order valence-electron chi connectivity index (χ2n) is 17.8. The first-order valence-corrected chi connectivity index (χ1v) is 22.6. The van der Waals surface area contributed by atoms with E-state index in [2.05, 4.69) is 47.4 Å². The molecule has 6 heterocycles. The molecule has 4 aliphatic rings. The number of nitrogens with one attached hydrogen (secondary N) is 4. The van der Waals surface area contributed by atoms with Crippen molar-refractivity contribution in [2.45, 2.75) is 88.8 Å². The topological polar surface area (TPSA) is 197 Å². The van der Waals surface area contributed by atoms with Gasteiger partial charge in [-0.05, 0) is 118 Å². The van der Waals surface area contributed by atoms with E-state index in [0.29, 0.717) is 67.2 Å². The summed E-state index contributed by atoms with van der Waals surface area (Å²) in [5, 5.41) is 29.4. The second-order valence-corrected chi connectivity index (χ2v) is 17.8. The third-order valence-corrected chi connectivity index (χ3v) is 13.7. The minimum Gasteiger partial charge on any atom is -0.384 e. The fourth-order valence-corrected chi connectivity index (χ4v) is 10.2. The highest BCUT2D eigenvalue weighted by Gasteiger charge is 2.38. The lowest BCUT2D eigenvalue weighted by atomic mass is 9.92. The number of fused-ring (bicyclic) bond motifs is 5. The van der Waals surface area contributed by atoms with Crippen LogP contribution in [0.15, 0.2) is 76.2 Å². The molecule has 2 aliphatic carbocycles. The van der Waals surface area contributed by atoms with E-state index in [9.17, 15) is 28.3 Å². The molecule has 0 saturated carbocycles. The number of nitrogens with zero attached hydrogens (tertiary/aromatic N) is 7. The summed E-state index contributed by atoms with van der Waals surface area (Å²) in [6, 6.07) is 15.9. The Bertz CT molecular complexity index is 2880. The molecule has 0 bridgehead atoms. The number of likely N-dealkylation sites (tertiary alicyclic amines) is 1. The van der Waals surface area contributed by atoms with Gasteiger partial charge in [0.05, 0.1) is 18.2 Å². The highest BCUT2D eigenvalue weighted by atomic mass is 19.3. The molecule has 2 fully saturated rings. The predicted octanol–water partition coefficient (Wildman–Crippen LogP) is 5.59. The van der Waals surface area contributed by atoms with Gasteiger partial charge in [0.1, 0.15) is 16.7 Å². The van der Waals surface area contributed by atoms with Gasteiger partial charge in [-0.25, -0.2) is 19.3 Å². The van der Waals surface area contributed by atoms with Crippen molar-refractivity contribution in [3.05, 3.63) is 105 Å². The lowest BCUT2D eigenvalue weighted by Crippen LogP contribution is -2.45. The Morgan fingerprint density at radius 2 is 1.75 bits per heavy atom. The first-order chi connectivity index (χ1) is 31.5. The van der Waals surface area contributed by atoms with Crippen LogP contribution in [0.5, 0.6) is 0 Å². The van der Waals surface area contributed by atoms with Crippen molar-refractivity contribution in [3.63, 3.8) is 0 Å². The molecule has 2 aromatic carbocycles. The van der Waals surface area contributed by atoms with Gasteiger partial charge in [0.2, 0.25) is 17.8 Å². The van der Waals surface area contributed by atoms with Crippen molar-refractivity contribution < 1.29 is 28.0 Å². The number of aliphatic hydroxyl groups is 1. The van der Waals surface area contributed by atoms with Gasteiger partial charge in [0.15, 0.2) is 17.0 Å². The zero-order chi connectivity index (χ0) is 44.8. The number of halogens is 2. The van der Waals surface area contributed by atoms with E-state index < -0.39 is 29.7 Å². The van der Waals surface area contributed by atoms with Crippen LogP contribution in [0, 0.1) is 5.92 Å². The maximum absolute atomic E-state index is 13.5. The molecular weight excluding hydrogens is 837 g/mol. The number of aryl methyl sites for hydroxylation is 1. The largest absolute Gasteiger partial charge is 0.384 e. The summed E-state index contributed by atoms with van der Waals surface area (Å²) in [4.78, 5) is 54.1. The van der Waals surface area contributed by atoms with Gasteiger partial charge in [-0.3, -0.25) is 19.7 Å². The monoisotopic (exact) mass is 887 g/mol. The van der Waals surface area contributed by atoms with Crippen LogP contribution < -0.4 is 26.8 Å². The van der Waals surface area contributed by atoms with Crippen molar-refractivity contribution >= 4 is 51.1 Å². The Morgan fingerprint density at radius 1 is 0.954 bits per heavy atom. The molecule has 5 N–H and O–H groups in total. The third-order valence-electron chi connectivity index (χ3n) is 13.7. The van der Waals surface area contributed by atoms with E-state index in [0.717, 1.165) is 85.3 Å². The fourth-order valence-electron chi connectivity index (χ4n) is 10.2. The molecule has 2 saturated heterocycles. The summed E-state index contributed by atoms with van der Waals surface area (Å²) in [6.45, 7) is 6.14. The average molecular weight is 888 g/mol. The molecule has 2 aliphatic heterocycles. The zero-order valence-electron chi connectivity index (χ0n) is 36.1. The SMILES string of the molecule is CC[C@@]1(O)CCc2ccc(-n3c4nc(Nc5ccc(NCCNC6CCN(CC7Cc8ccc9c(C%10CCC(=O)NC%10=O)noc9c8C7)CC6)cc5)ncc4c(=O)n3CC=C(F)F)nc21. The summed E-state index contributed by atoms with van der Waals surface area (Å²) in [5.74, 6) is -0.0261. The molecule has 338 valence electrons. The molecule has 65 heavy (non-hydrogen) atoms. The van der Waals surface area contributed by atoms with Crippen molar-refractivity contribution in [2.24, 2.45) is 5.92 Å². The number of benzene rings is 2. The lowest BCUT2D eigenvalue weighted by Gasteiger charge is -2.34. The Balaban J connectivity index is 0.707. The van der Waals surface area contributed by atoms with Gasteiger partial charge in [-0.1, -0.05) is 24.2 Å². The van der Waals surface area contributed by atoms with Gasteiger partial charge in [-0.2, -0.15) is 13.8 Å². The van der Waals surface area contributed by atoms with Crippen molar-refractivity contribution in [1.29, 1.82) is 0 Å². The van der Waals surface area contributed by atoms with Crippen LogP contribution in [-0.2, 0) is 41.0 Å². The Labute approximate surface area is 372 Å². The number of anilines is 3. The molecule has 4 aromatic heterocycles. The summed E-state index contributed by atoms with van der Waals surface area (Å²) in [5.41, 5.74) is 5.53. The van der Waals surface area contributed by atoms with E-state index >= 15 is 0 Å². The number of carbonyl (C=O) groups excluding carboxylic acids is 2. The van der Waals surface area contributed by atoms with Crippen LogP contribution in [-0.4, -0.2) is 90.1 Å². The maximum atomic E-state index is 13.5. The number of amides is 2. The molecule has 6 aromatic rings. The van der Waals surface area contributed by atoms with E-state index in [4.69, 9.17) is 9.51 Å². The summed E-state index contributed by atoms with van der Waals surface area (Å²) >= 11 is 0. The third kappa shape index (κ3) is 8.41. The number of hydrogen-bond donors (Lipinski definition) is 5. The molecule has 0 radical (unpaired) electrons. The molecule has 18 heteroatoms. The van der Waals surface area contributed by atoms with Crippen LogP contribution in [0.25, 0.3) is 27.8 Å². The van der Waals surface area contributed by atoms with Crippen LogP contribution in [0.3, 0.4) is 0 Å². The lowest BCUT2D eigenvalue weighted by molar-refractivity contribution is -0.134. The highest BCUT2D eigenvalue weighted by molar-refractivity contribution is 6.02. The number of hydrogen-bond acceptors (Lipinski definition) is 13. The molecule has 2 amide bonds. The van der Waals surface area contributed by atoms with E-state index in [-0.39, 0.29) is 34.6 Å². The standard InChI is InChI=1S/C47H51F2N11O5/c1-2-47(64)17-13-28-4-11-38(54-42(28)47)60-43-36(45(63)59(60)22-16-37(48)49)25-52-46(56-43)53-32-7-5-30(6-8-32)50-18-19-51-31-14-20-58(21-15-31)26-27-23-29-3-9-33-40(57-65-41(33)35(29)24-27)34-10-12-39(61)55-44(34)62/h3-9,11,16,25,27,31,34,50-51,64H,2,10,12-15,17-24,26H2,1H3,(H,52,53,56)(H,55,61,62)/t27?,34?,47-/m1/s1. The predicted molar refractivity (Wildman–Crippen MR) is 239 cm³/mol. The number of carbonyl (C=O) groups is 2. The van der Waals surface area contributed by atoms with Crippen LogP contribution in [0.2, 0.25) is 0 Å². The van der Waals surface area contributed by atoms with Crippen molar-refractivity contribution in [2.75, 3.05) is 43.4 Å². The number of imide groups is 1. The Morgan fingerprint density at radius 3 is 2.54 bits per heavy atom. The maximum Gasteiger partial charge on any atom is 0.278 e. The van der Waals surface area contributed by atoms with Crippen molar-refractivity contribution in [1.82, 2.24) is 45.0 Å². The van der Waals surface area contributed by atoms with Gasteiger partial charge >= 0.3 is 0 Å². The van der Waals surface area contributed by atoms with Crippen LogP contribution in [0.4, 0.5) is 26.1 Å². The first-order valence-electron chi connectivity index (χ1n) is 22.6. The number of piperidine rings is 2. The molecular formula is C47H51F2N11O5. The number of rotatable bonds is 14. The minimum atomic E-state index is -1.92. The van der Waals surface area contributed by atoms with E-state index in [1.54, 1.807) is 6.07 Å². The quantitative estimate of drug-likeness (QED) is 0.0672. The minimum absolute atomic E-state index is 0.144. The number of pyridine rings is 1. The Hall–Kier alpha value is -6.37. The number of allylic oxidation sites excluding steroid dienone is 1. The van der Waals surface area contributed by atoms with Gasteiger partial charge in [0.25, 0.3) is 11.6 Å². The second kappa shape index (κ2) is 17.5. The zero-order valence-corrected chi connectivity index (χ0v) is 36.1. The summed E-state index contributed by atoms with van der Waals surface area (Å²) in [7, 11) is 0. The fraction of sp³-hybridized carbons (Fsp3) is 0.426. The van der Waals surface area contributed by atoms with E-state index in [1.807, 2.05) is 43.3 Å². The molecule has 2 unspecified atom stereocenters. The van der Waals surface area contributed by atoms with Gasteiger partial charge in [-0.15, -0.1) is 0 Å². The van der Waals surface area contributed by atoms with Crippen molar-refractivity contribution in [3.8, 4) is 5.82 Å². The van der Waals surface area contributed by atoms with Crippen LogP contribution in [0.1, 0.15) is 79.4 Å². The average Bonchev–Trinajstić information content (AvgIpc) is 4.07. The first kappa shape index (κ1) is 42.6. The molecule has 3 atom stereocenters. The van der Waals surface area contributed by atoms with E-state index in [1.165, 1.54) is 22.0 Å². The van der Waals surface area contributed by atoms with Crippen LogP contribution >= 0.6 is 0 Å². The molecule has 16 nitrogen and oxygen atoms in total. The van der Waals surface area contributed by atoms with Gasteiger partial charge in [0, 0.05) is 66.7 Å². The number of aromatic nitrogens is 6. The van der Waals surface area contributed by atoms with Gasteiger partial charge < -0.3 is 30.5 Å². The normalized spacial score (nSPS) is 21.2.